The van der Waals surface area contributed by atoms with Gasteiger partial charge in [-0.1, -0.05) is 18.2 Å². The van der Waals surface area contributed by atoms with Crippen molar-refractivity contribution in [3.05, 3.63) is 46.8 Å². The van der Waals surface area contributed by atoms with Gasteiger partial charge in [-0.15, -0.1) is 0 Å². The van der Waals surface area contributed by atoms with E-state index in [-0.39, 0.29) is 5.91 Å². The molecule has 6 heteroatoms. The van der Waals surface area contributed by atoms with Gasteiger partial charge < -0.3 is 10.1 Å². The van der Waals surface area contributed by atoms with Gasteiger partial charge in [0.2, 0.25) is 0 Å². The second-order valence-corrected chi connectivity index (χ2v) is 6.26. The van der Waals surface area contributed by atoms with Crippen LogP contribution in [0.4, 0.5) is 0 Å². The molecule has 2 aromatic rings. The van der Waals surface area contributed by atoms with E-state index in [2.05, 4.69) is 45.5 Å². The molecule has 2 heterocycles. The zero-order valence-electron chi connectivity index (χ0n) is 14.4. The normalized spacial score (nSPS) is 17.9. The summed E-state index contributed by atoms with van der Waals surface area (Å²) in [6, 6.07) is 6.25. The average molecular weight is 328 g/mol. The Labute approximate surface area is 142 Å². The third-order valence-electron chi connectivity index (χ3n) is 4.71. The number of carbonyl (C=O) groups is 1. The molecule has 0 saturated carbocycles. The number of para-hydroxylation sites is 1. The van der Waals surface area contributed by atoms with E-state index < -0.39 is 0 Å². The molecule has 1 saturated heterocycles. The van der Waals surface area contributed by atoms with Gasteiger partial charge in [-0.25, -0.2) is 0 Å². The molecular weight excluding hydrogens is 304 g/mol. The Bertz CT molecular complexity index is 726. The van der Waals surface area contributed by atoms with Gasteiger partial charge in [0.05, 0.1) is 24.6 Å². The van der Waals surface area contributed by atoms with Crippen LogP contribution >= 0.6 is 0 Å². The Balaban J connectivity index is 1.72. The number of aromatic amines is 1. The molecule has 1 aromatic heterocycles. The first-order chi connectivity index (χ1) is 11.6. The number of rotatable bonds is 5. The predicted octanol–water partition coefficient (Wildman–Crippen LogP) is 2.08. The summed E-state index contributed by atoms with van der Waals surface area (Å²) in [4.78, 5) is 14.3. The maximum atomic E-state index is 11.9. The highest BCUT2D eigenvalue weighted by atomic mass is 16.5. The molecule has 0 spiro atoms. The number of carbonyl (C=O) groups excluding carboxylic acids is 1. The number of benzene rings is 1. The molecule has 1 amide bonds. The van der Waals surface area contributed by atoms with Crippen LogP contribution < -0.4 is 10.1 Å². The molecule has 128 valence electrons. The van der Waals surface area contributed by atoms with Crippen molar-refractivity contribution in [2.24, 2.45) is 0 Å². The second-order valence-electron chi connectivity index (χ2n) is 6.26. The number of amides is 1. The monoisotopic (exact) mass is 328 g/mol. The first-order valence-corrected chi connectivity index (χ1v) is 8.24. The first kappa shape index (κ1) is 16.5. The number of nitrogens with one attached hydrogen (secondary N) is 2. The molecule has 24 heavy (non-hydrogen) atoms. The Morgan fingerprint density at radius 3 is 3.08 bits per heavy atom. The average Bonchev–Trinajstić information content (AvgIpc) is 3.23. The molecule has 1 fully saturated rings. The van der Waals surface area contributed by atoms with Gasteiger partial charge in [0.15, 0.2) is 0 Å². The van der Waals surface area contributed by atoms with Crippen LogP contribution in [0.2, 0.25) is 0 Å². The highest BCUT2D eigenvalue weighted by Gasteiger charge is 2.29. The molecular formula is C18H24N4O2. The Morgan fingerprint density at radius 1 is 1.50 bits per heavy atom. The van der Waals surface area contributed by atoms with Crippen molar-refractivity contribution in [3.63, 3.8) is 0 Å². The number of aromatic nitrogens is 2. The minimum atomic E-state index is -0.0856. The number of methoxy groups -OCH3 is 1. The van der Waals surface area contributed by atoms with E-state index in [1.807, 2.05) is 0 Å². The maximum absolute atomic E-state index is 11.9. The van der Waals surface area contributed by atoms with Gasteiger partial charge in [-0.2, -0.15) is 5.10 Å². The van der Waals surface area contributed by atoms with Crippen LogP contribution in [0.5, 0.6) is 5.75 Å². The fourth-order valence-electron chi connectivity index (χ4n) is 3.51. The summed E-state index contributed by atoms with van der Waals surface area (Å²) in [6.07, 6.45) is 2.63. The standard InChI is InChI=1S/C18H24N4O2/c1-12-5-4-6-14(17(12)24-3)11-22-8-7-13(10-22)16-15(9-20-21-16)18(23)19-2/h4-6,9,13H,7-8,10-11H2,1-3H3,(H,19,23)(H,20,21)/t13-/m1/s1. The lowest BCUT2D eigenvalue weighted by atomic mass is 10.0. The number of hydrogen-bond donors (Lipinski definition) is 2. The summed E-state index contributed by atoms with van der Waals surface area (Å²) in [7, 11) is 3.36. The van der Waals surface area contributed by atoms with Gasteiger partial charge in [0.25, 0.3) is 5.91 Å². The minimum absolute atomic E-state index is 0.0856. The topological polar surface area (TPSA) is 70.2 Å². The lowest BCUT2D eigenvalue weighted by molar-refractivity contribution is 0.0961. The van der Waals surface area contributed by atoms with Crippen LogP contribution in [0.1, 0.15) is 39.5 Å². The Hall–Kier alpha value is -2.34. The largest absolute Gasteiger partial charge is 0.496 e. The molecule has 1 aromatic carbocycles. The van der Waals surface area contributed by atoms with Crippen molar-refractivity contribution in [2.45, 2.75) is 25.8 Å². The van der Waals surface area contributed by atoms with Crippen molar-refractivity contribution in [1.82, 2.24) is 20.4 Å². The molecule has 1 atom stereocenters. The second kappa shape index (κ2) is 7.05. The smallest absolute Gasteiger partial charge is 0.254 e. The first-order valence-electron chi connectivity index (χ1n) is 8.24. The molecule has 6 nitrogen and oxygen atoms in total. The summed E-state index contributed by atoms with van der Waals surface area (Å²) in [5, 5.41) is 9.75. The maximum Gasteiger partial charge on any atom is 0.254 e. The summed E-state index contributed by atoms with van der Waals surface area (Å²) >= 11 is 0. The van der Waals surface area contributed by atoms with Crippen molar-refractivity contribution in [2.75, 3.05) is 27.2 Å². The van der Waals surface area contributed by atoms with Crippen LogP contribution in [0.3, 0.4) is 0 Å². The molecule has 1 aliphatic heterocycles. The van der Waals surface area contributed by atoms with E-state index in [0.717, 1.165) is 43.1 Å². The minimum Gasteiger partial charge on any atom is -0.496 e. The zero-order valence-corrected chi connectivity index (χ0v) is 14.4. The van der Waals surface area contributed by atoms with Crippen LogP contribution in [0.15, 0.2) is 24.4 Å². The van der Waals surface area contributed by atoms with Crippen LogP contribution in [-0.2, 0) is 6.54 Å². The van der Waals surface area contributed by atoms with Gasteiger partial charge in [-0.3, -0.25) is 14.8 Å². The van der Waals surface area contributed by atoms with E-state index in [9.17, 15) is 4.79 Å². The fourth-order valence-corrected chi connectivity index (χ4v) is 3.51. The molecule has 0 aliphatic carbocycles. The lowest BCUT2D eigenvalue weighted by Crippen LogP contribution is -2.22. The highest BCUT2D eigenvalue weighted by molar-refractivity contribution is 5.95. The van der Waals surface area contributed by atoms with Gasteiger partial charge in [0, 0.05) is 31.6 Å². The van der Waals surface area contributed by atoms with Crippen molar-refractivity contribution >= 4 is 5.91 Å². The van der Waals surface area contributed by atoms with Gasteiger partial charge in [0.1, 0.15) is 5.75 Å². The third kappa shape index (κ3) is 3.14. The van der Waals surface area contributed by atoms with E-state index in [1.165, 1.54) is 5.56 Å². The lowest BCUT2D eigenvalue weighted by Gasteiger charge is -2.19. The van der Waals surface area contributed by atoms with Gasteiger partial charge in [-0.05, 0) is 25.5 Å². The van der Waals surface area contributed by atoms with Gasteiger partial charge >= 0.3 is 0 Å². The Morgan fingerprint density at radius 2 is 2.33 bits per heavy atom. The number of ether oxygens (including phenoxy) is 1. The van der Waals surface area contributed by atoms with E-state index in [0.29, 0.717) is 11.5 Å². The number of nitrogens with zero attached hydrogens (tertiary/aromatic N) is 2. The van der Waals surface area contributed by atoms with E-state index >= 15 is 0 Å². The van der Waals surface area contributed by atoms with E-state index in [4.69, 9.17) is 4.74 Å². The number of hydrogen-bond acceptors (Lipinski definition) is 4. The molecule has 3 rings (SSSR count). The van der Waals surface area contributed by atoms with Crippen LogP contribution in [0, 0.1) is 6.92 Å². The SMILES string of the molecule is CNC(=O)c1cn[nH]c1[C@@H]1CCN(Cc2cccc(C)c2OC)C1. The number of likely N-dealkylation sites (tertiary alicyclic amines) is 1. The van der Waals surface area contributed by atoms with Crippen molar-refractivity contribution < 1.29 is 9.53 Å². The van der Waals surface area contributed by atoms with Crippen LogP contribution in [0.25, 0.3) is 0 Å². The number of aryl methyl sites for hydroxylation is 1. The molecule has 2 N–H and O–H groups in total. The summed E-state index contributed by atoms with van der Waals surface area (Å²) in [5.74, 6) is 1.18. The molecule has 0 unspecified atom stereocenters. The summed E-state index contributed by atoms with van der Waals surface area (Å²) < 4.78 is 5.55. The number of H-pyrrole nitrogens is 1. The quantitative estimate of drug-likeness (QED) is 0.881. The van der Waals surface area contributed by atoms with Crippen molar-refractivity contribution in [3.8, 4) is 5.75 Å². The summed E-state index contributed by atoms with van der Waals surface area (Å²) in [6.45, 7) is 4.82. The van der Waals surface area contributed by atoms with Crippen LogP contribution in [-0.4, -0.2) is 48.3 Å². The highest BCUT2D eigenvalue weighted by Crippen LogP contribution is 2.31. The third-order valence-corrected chi connectivity index (χ3v) is 4.71. The van der Waals surface area contributed by atoms with E-state index in [1.54, 1.807) is 20.4 Å². The molecule has 0 radical (unpaired) electrons. The fraction of sp³-hybridized carbons (Fsp3) is 0.444. The predicted molar refractivity (Wildman–Crippen MR) is 92.3 cm³/mol. The molecule has 0 bridgehead atoms. The van der Waals surface area contributed by atoms with Crippen molar-refractivity contribution in [1.29, 1.82) is 0 Å². The zero-order chi connectivity index (χ0) is 17.1. The molecule has 1 aliphatic rings. The summed E-state index contributed by atoms with van der Waals surface area (Å²) in [5.41, 5.74) is 3.95. The Kier molecular flexibility index (Phi) is 4.85.